The number of ether oxygens (including phenoxy) is 1. The van der Waals surface area contributed by atoms with Gasteiger partial charge >= 0.3 is 0 Å². The number of pyridine rings is 1. The van der Waals surface area contributed by atoms with Gasteiger partial charge in [0.2, 0.25) is 0 Å². The Morgan fingerprint density at radius 1 is 1.14 bits per heavy atom. The van der Waals surface area contributed by atoms with Crippen LogP contribution in [-0.4, -0.2) is 33.3 Å². The van der Waals surface area contributed by atoms with Crippen LogP contribution in [0.15, 0.2) is 58.1 Å². The highest BCUT2D eigenvalue weighted by Gasteiger charge is 2.13. The Morgan fingerprint density at radius 3 is 2.83 bits per heavy atom. The molecule has 4 rings (SSSR count). The van der Waals surface area contributed by atoms with E-state index in [1.165, 1.54) is 27.4 Å². The molecule has 0 spiro atoms. The summed E-state index contributed by atoms with van der Waals surface area (Å²) in [6, 6.07) is 11.9. The second-order valence-corrected chi connectivity index (χ2v) is 8.27. The van der Waals surface area contributed by atoms with E-state index in [0.29, 0.717) is 18.9 Å². The summed E-state index contributed by atoms with van der Waals surface area (Å²) in [5.41, 5.74) is 4.69. The molecule has 0 radical (unpaired) electrons. The zero-order chi connectivity index (χ0) is 20.2. The van der Waals surface area contributed by atoms with Crippen molar-refractivity contribution < 1.29 is 4.74 Å². The summed E-state index contributed by atoms with van der Waals surface area (Å²) in [6.07, 6.45) is 5.16. The van der Waals surface area contributed by atoms with Crippen molar-refractivity contribution in [2.24, 2.45) is 0 Å². The van der Waals surface area contributed by atoms with Gasteiger partial charge in [-0.3, -0.25) is 9.78 Å². The van der Waals surface area contributed by atoms with Gasteiger partial charge in [0.15, 0.2) is 0 Å². The monoisotopic (exact) mass is 454 g/mol. The Balaban J connectivity index is 1.36. The maximum Gasteiger partial charge on any atom is 0.270 e. The minimum atomic E-state index is -0.161. The zero-order valence-corrected chi connectivity index (χ0v) is 17.9. The van der Waals surface area contributed by atoms with Gasteiger partial charge in [-0.15, -0.1) is 0 Å². The van der Waals surface area contributed by atoms with Crippen molar-refractivity contribution in [1.29, 1.82) is 0 Å². The third-order valence-electron chi connectivity index (χ3n) is 5.11. The number of aryl methyl sites for hydroxylation is 2. The Labute approximate surface area is 178 Å². The van der Waals surface area contributed by atoms with Gasteiger partial charge < -0.3 is 9.64 Å². The number of fused-ring (bicyclic) bond motifs is 1. The highest BCUT2D eigenvalue weighted by Crippen LogP contribution is 2.20. The summed E-state index contributed by atoms with van der Waals surface area (Å²) in [6.45, 7) is 2.94. The minimum Gasteiger partial charge on any atom is -0.485 e. The van der Waals surface area contributed by atoms with Gasteiger partial charge in [0.05, 0.1) is 11.9 Å². The van der Waals surface area contributed by atoms with Crippen molar-refractivity contribution in [2.45, 2.75) is 32.5 Å². The van der Waals surface area contributed by atoms with Crippen molar-refractivity contribution in [2.75, 3.05) is 13.6 Å². The van der Waals surface area contributed by atoms with Crippen LogP contribution in [0.1, 0.15) is 22.4 Å². The van der Waals surface area contributed by atoms with E-state index < -0.39 is 0 Å². The molecule has 0 saturated carbocycles. The fraction of sp³-hybridized carbons (Fsp3) is 0.318. The summed E-state index contributed by atoms with van der Waals surface area (Å²) < 4.78 is 8.04. The largest absolute Gasteiger partial charge is 0.485 e. The minimum absolute atomic E-state index is 0.161. The van der Waals surface area contributed by atoms with Crippen LogP contribution in [-0.2, 0) is 32.5 Å². The van der Waals surface area contributed by atoms with Gasteiger partial charge in [-0.2, -0.15) is 5.10 Å². The number of halogens is 1. The molecule has 3 aromatic rings. The first kappa shape index (κ1) is 19.8. The number of benzene rings is 1. The molecular weight excluding hydrogens is 432 g/mol. The van der Waals surface area contributed by atoms with Crippen molar-refractivity contribution in [3.05, 3.63) is 86.0 Å². The van der Waals surface area contributed by atoms with Gasteiger partial charge in [0.25, 0.3) is 5.56 Å². The van der Waals surface area contributed by atoms with E-state index in [1.54, 1.807) is 12.4 Å². The molecule has 1 aliphatic heterocycles. The lowest BCUT2D eigenvalue weighted by Gasteiger charge is -2.25. The van der Waals surface area contributed by atoms with Crippen molar-refractivity contribution in [1.82, 2.24) is 19.7 Å². The third kappa shape index (κ3) is 5.10. The number of likely N-dealkylation sites (N-methyl/N-ethyl adjacent to an activating group) is 1. The molecule has 0 fully saturated rings. The molecule has 0 aliphatic carbocycles. The Hall–Kier alpha value is -2.51. The normalized spacial score (nSPS) is 13.9. The maximum atomic E-state index is 12.4. The number of hydrogen-bond donors (Lipinski definition) is 0. The maximum absolute atomic E-state index is 12.4. The smallest absolute Gasteiger partial charge is 0.270 e. The Morgan fingerprint density at radius 2 is 2.03 bits per heavy atom. The predicted octanol–water partition coefficient (Wildman–Crippen LogP) is 3.21. The van der Waals surface area contributed by atoms with Gasteiger partial charge in [0.1, 0.15) is 12.4 Å². The average molecular weight is 455 g/mol. The molecule has 6 nitrogen and oxygen atoms in total. The molecule has 0 bridgehead atoms. The molecule has 150 valence electrons. The first-order valence-corrected chi connectivity index (χ1v) is 10.5. The lowest BCUT2D eigenvalue weighted by Crippen LogP contribution is -2.26. The Bertz CT molecular complexity index is 1050. The number of aromatic nitrogens is 3. The third-order valence-corrected chi connectivity index (χ3v) is 5.58. The number of nitrogens with zero attached hydrogens (tertiary/aromatic N) is 4. The SMILES string of the molecule is CN1CCc2cc(CCn3ncc(OCc4ccc(Br)cn4)cc3=O)ccc2C1. The highest BCUT2D eigenvalue weighted by molar-refractivity contribution is 9.10. The average Bonchev–Trinajstić information content (AvgIpc) is 2.72. The van der Waals surface area contributed by atoms with E-state index in [-0.39, 0.29) is 5.56 Å². The first-order chi connectivity index (χ1) is 14.1. The second-order valence-electron chi connectivity index (χ2n) is 7.35. The van der Waals surface area contributed by atoms with E-state index in [1.807, 2.05) is 12.1 Å². The van der Waals surface area contributed by atoms with Crippen LogP contribution in [0.4, 0.5) is 0 Å². The zero-order valence-electron chi connectivity index (χ0n) is 16.3. The van der Waals surface area contributed by atoms with Gasteiger partial charge in [-0.25, -0.2) is 4.68 Å². The molecular formula is C22H23BrN4O2. The van der Waals surface area contributed by atoms with Gasteiger partial charge in [0, 0.05) is 36.4 Å². The predicted molar refractivity (Wildman–Crippen MR) is 115 cm³/mol. The Kier molecular flexibility index (Phi) is 6.06. The van der Waals surface area contributed by atoms with Crippen LogP contribution in [0.5, 0.6) is 5.75 Å². The fourth-order valence-electron chi connectivity index (χ4n) is 3.45. The van der Waals surface area contributed by atoms with E-state index in [9.17, 15) is 4.79 Å². The van der Waals surface area contributed by atoms with Crippen LogP contribution in [0.2, 0.25) is 0 Å². The van der Waals surface area contributed by atoms with Crippen LogP contribution >= 0.6 is 15.9 Å². The molecule has 1 aromatic carbocycles. The van der Waals surface area contributed by atoms with Gasteiger partial charge in [-0.05, 0) is 64.6 Å². The quantitative estimate of drug-likeness (QED) is 0.572. The van der Waals surface area contributed by atoms with Crippen LogP contribution in [0.25, 0.3) is 0 Å². The highest BCUT2D eigenvalue weighted by atomic mass is 79.9. The fourth-order valence-corrected chi connectivity index (χ4v) is 3.69. The topological polar surface area (TPSA) is 60.3 Å². The van der Waals surface area contributed by atoms with Crippen LogP contribution < -0.4 is 10.3 Å². The molecule has 3 heterocycles. The summed E-state index contributed by atoms with van der Waals surface area (Å²) in [4.78, 5) is 19.0. The second kappa shape index (κ2) is 8.88. The molecule has 2 aromatic heterocycles. The van der Waals surface area contributed by atoms with E-state index in [2.05, 4.69) is 56.2 Å². The molecule has 0 saturated heterocycles. The van der Waals surface area contributed by atoms with E-state index in [0.717, 1.165) is 36.1 Å². The summed E-state index contributed by atoms with van der Waals surface area (Å²) in [5, 5.41) is 4.26. The first-order valence-electron chi connectivity index (χ1n) is 9.66. The van der Waals surface area contributed by atoms with Gasteiger partial charge in [-0.1, -0.05) is 18.2 Å². The lowest BCUT2D eigenvalue weighted by molar-refractivity contribution is 0.297. The van der Waals surface area contributed by atoms with Crippen LogP contribution in [0.3, 0.4) is 0 Å². The summed E-state index contributed by atoms with van der Waals surface area (Å²) in [7, 11) is 2.15. The van der Waals surface area contributed by atoms with Crippen molar-refractivity contribution in [3.63, 3.8) is 0 Å². The molecule has 0 unspecified atom stereocenters. The molecule has 0 N–H and O–H groups in total. The molecule has 0 atom stereocenters. The van der Waals surface area contributed by atoms with E-state index in [4.69, 9.17) is 4.74 Å². The van der Waals surface area contributed by atoms with Crippen molar-refractivity contribution in [3.8, 4) is 5.75 Å². The molecule has 7 heteroatoms. The molecule has 29 heavy (non-hydrogen) atoms. The standard InChI is InChI=1S/C22H23BrN4O2/c1-26-8-7-17-10-16(2-3-18(17)14-26)6-9-27-22(28)11-21(13-25-27)29-15-20-5-4-19(23)12-24-20/h2-5,10-13H,6-9,14-15H2,1H3. The van der Waals surface area contributed by atoms with Crippen molar-refractivity contribution >= 4 is 15.9 Å². The lowest BCUT2D eigenvalue weighted by atomic mass is 9.96. The van der Waals surface area contributed by atoms with E-state index >= 15 is 0 Å². The summed E-state index contributed by atoms with van der Waals surface area (Å²) >= 11 is 3.35. The number of rotatable bonds is 6. The number of hydrogen-bond acceptors (Lipinski definition) is 5. The molecule has 1 aliphatic rings. The summed E-state index contributed by atoms with van der Waals surface area (Å²) in [5.74, 6) is 0.453. The van der Waals surface area contributed by atoms with Crippen LogP contribution in [0, 0.1) is 0 Å². The molecule has 0 amide bonds.